The Kier molecular flexibility index (Phi) is 9.79. The fourth-order valence-corrected chi connectivity index (χ4v) is 3.26. The number of hydrogen-bond donors (Lipinski definition) is 1. The molecule has 2 amide bonds. The van der Waals surface area contributed by atoms with Crippen molar-refractivity contribution in [3.05, 3.63) is 64.4 Å². The summed E-state index contributed by atoms with van der Waals surface area (Å²) in [5.74, 6) is -0.354. The van der Waals surface area contributed by atoms with Crippen LogP contribution in [0.2, 0.25) is 5.02 Å². The molecule has 31 heavy (non-hydrogen) atoms. The van der Waals surface area contributed by atoms with Crippen LogP contribution in [0.15, 0.2) is 42.5 Å². The molecule has 0 aliphatic heterocycles. The highest BCUT2D eigenvalue weighted by Crippen LogP contribution is 2.21. The Morgan fingerprint density at radius 2 is 1.87 bits per heavy atom. The average molecular weight is 449 g/mol. The van der Waals surface area contributed by atoms with Gasteiger partial charge in [0.25, 0.3) is 5.91 Å². The van der Waals surface area contributed by atoms with Crippen molar-refractivity contribution < 1.29 is 18.7 Å². The standard InChI is InChI=1S/C24H30ClFN2O3/c1-4-6-13-27-24(30)22(5-2)28(15-18-7-9-19(26)10-8-18)23(29)16-31-20-11-12-21(25)17(3)14-20/h7-12,14,22H,4-6,13,15-16H2,1-3H3,(H,27,30)/t22-/m0/s1. The number of ether oxygens (including phenoxy) is 1. The molecule has 0 saturated heterocycles. The van der Waals surface area contributed by atoms with Gasteiger partial charge in [0, 0.05) is 18.1 Å². The van der Waals surface area contributed by atoms with Gasteiger partial charge < -0.3 is 15.0 Å². The summed E-state index contributed by atoms with van der Waals surface area (Å²) in [5, 5.41) is 3.52. The molecule has 1 N–H and O–H groups in total. The van der Waals surface area contributed by atoms with Gasteiger partial charge in [0.1, 0.15) is 17.6 Å². The first-order valence-corrected chi connectivity index (χ1v) is 10.9. The third-order valence-electron chi connectivity index (χ3n) is 4.97. The maximum absolute atomic E-state index is 13.3. The fourth-order valence-electron chi connectivity index (χ4n) is 3.15. The van der Waals surface area contributed by atoms with Gasteiger partial charge in [-0.3, -0.25) is 9.59 Å². The summed E-state index contributed by atoms with van der Waals surface area (Å²) in [6.45, 7) is 6.28. The van der Waals surface area contributed by atoms with Crippen LogP contribution in [0.3, 0.4) is 0 Å². The molecule has 5 nitrogen and oxygen atoms in total. The molecular weight excluding hydrogens is 419 g/mol. The Morgan fingerprint density at radius 3 is 2.48 bits per heavy atom. The highest BCUT2D eigenvalue weighted by molar-refractivity contribution is 6.31. The monoisotopic (exact) mass is 448 g/mol. The smallest absolute Gasteiger partial charge is 0.261 e. The quantitative estimate of drug-likeness (QED) is 0.498. The summed E-state index contributed by atoms with van der Waals surface area (Å²) in [5.41, 5.74) is 1.58. The number of carbonyl (C=O) groups is 2. The van der Waals surface area contributed by atoms with Gasteiger partial charge in [-0.05, 0) is 61.2 Å². The third kappa shape index (κ3) is 7.55. The Hall–Kier alpha value is -2.60. The minimum absolute atomic E-state index is 0.182. The van der Waals surface area contributed by atoms with E-state index < -0.39 is 6.04 Å². The highest BCUT2D eigenvalue weighted by atomic mass is 35.5. The largest absolute Gasteiger partial charge is 0.484 e. The molecule has 2 aromatic carbocycles. The zero-order chi connectivity index (χ0) is 22.8. The van der Waals surface area contributed by atoms with Gasteiger partial charge in [-0.2, -0.15) is 0 Å². The van der Waals surface area contributed by atoms with E-state index in [1.807, 2.05) is 20.8 Å². The van der Waals surface area contributed by atoms with Crippen LogP contribution in [0, 0.1) is 12.7 Å². The van der Waals surface area contributed by atoms with Gasteiger partial charge in [0.05, 0.1) is 0 Å². The number of unbranched alkanes of at least 4 members (excludes halogenated alkanes) is 1. The van der Waals surface area contributed by atoms with E-state index in [-0.39, 0.29) is 30.8 Å². The number of hydrogen-bond acceptors (Lipinski definition) is 3. The van der Waals surface area contributed by atoms with Crippen molar-refractivity contribution in [2.45, 2.75) is 52.6 Å². The van der Waals surface area contributed by atoms with Crippen molar-refractivity contribution in [1.29, 1.82) is 0 Å². The van der Waals surface area contributed by atoms with Gasteiger partial charge >= 0.3 is 0 Å². The van der Waals surface area contributed by atoms with Gasteiger partial charge in [0.15, 0.2) is 6.61 Å². The van der Waals surface area contributed by atoms with Crippen LogP contribution in [0.4, 0.5) is 4.39 Å². The highest BCUT2D eigenvalue weighted by Gasteiger charge is 2.28. The molecule has 0 unspecified atom stereocenters. The van der Waals surface area contributed by atoms with Crippen molar-refractivity contribution in [3.8, 4) is 5.75 Å². The number of halogens is 2. The molecule has 2 rings (SSSR count). The van der Waals surface area contributed by atoms with Gasteiger partial charge in [-0.15, -0.1) is 0 Å². The first-order chi connectivity index (χ1) is 14.8. The summed E-state index contributed by atoms with van der Waals surface area (Å²) >= 11 is 6.04. The Labute approximate surface area is 188 Å². The topological polar surface area (TPSA) is 58.6 Å². The third-order valence-corrected chi connectivity index (χ3v) is 5.40. The number of rotatable bonds is 11. The molecule has 0 aliphatic rings. The molecule has 0 radical (unpaired) electrons. The van der Waals surface area contributed by atoms with E-state index in [1.54, 1.807) is 30.3 Å². The van der Waals surface area contributed by atoms with Crippen molar-refractivity contribution in [2.75, 3.05) is 13.2 Å². The average Bonchev–Trinajstić information content (AvgIpc) is 2.75. The van der Waals surface area contributed by atoms with E-state index in [9.17, 15) is 14.0 Å². The van der Waals surface area contributed by atoms with E-state index >= 15 is 0 Å². The summed E-state index contributed by atoms with van der Waals surface area (Å²) in [6.07, 6.45) is 2.28. The Morgan fingerprint density at radius 1 is 1.16 bits per heavy atom. The lowest BCUT2D eigenvalue weighted by Crippen LogP contribution is -2.50. The molecule has 1 atom stereocenters. The first kappa shape index (κ1) is 24.7. The fraction of sp³-hybridized carbons (Fsp3) is 0.417. The van der Waals surface area contributed by atoms with Gasteiger partial charge in [0.2, 0.25) is 5.91 Å². The number of amides is 2. The summed E-state index contributed by atoms with van der Waals surface area (Å²) in [4.78, 5) is 27.4. The lowest BCUT2D eigenvalue weighted by atomic mass is 10.1. The van der Waals surface area contributed by atoms with Gasteiger partial charge in [-0.25, -0.2) is 4.39 Å². The molecule has 0 aliphatic carbocycles. The molecule has 168 valence electrons. The van der Waals surface area contributed by atoms with Crippen LogP contribution in [0.25, 0.3) is 0 Å². The zero-order valence-electron chi connectivity index (χ0n) is 18.3. The number of nitrogens with zero attached hydrogens (tertiary/aromatic N) is 1. The van der Waals surface area contributed by atoms with E-state index in [0.29, 0.717) is 23.7 Å². The van der Waals surface area contributed by atoms with Crippen LogP contribution in [-0.4, -0.2) is 35.9 Å². The zero-order valence-corrected chi connectivity index (χ0v) is 19.0. The van der Waals surface area contributed by atoms with Crippen LogP contribution in [0.5, 0.6) is 5.75 Å². The van der Waals surface area contributed by atoms with Crippen LogP contribution in [0.1, 0.15) is 44.2 Å². The molecule has 0 heterocycles. The summed E-state index contributed by atoms with van der Waals surface area (Å²) in [7, 11) is 0. The molecule has 0 aromatic heterocycles. The number of nitrogens with one attached hydrogen (secondary N) is 1. The molecule has 0 fully saturated rings. The van der Waals surface area contributed by atoms with E-state index in [4.69, 9.17) is 16.3 Å². The van der Waals surface area contributed by atoms with Crippen molar-refractivity contribution in [3.63, 3.8) is 0 Å². The molecule has 7 heteroatoms. The van der Waals surface area contributed by atoms with Crippen molar-refractivity contribution in [2.24, 2.45) is 0 Å². The lowest BCUT2D eigenvalue weighted by Gasteiger charge is -2.30. The van der Waals surface area contributed by atoms with Crippen molar-refractivity contribution in [1.82, 2.24) is 10.2 Å². The maximum atomic E-state index is 13.3. The predicted molar refractivity (Wildman–Crippen MR) is 121 cm³/mol. The first-order valence-electron chi connectivity index (χ1n) is 10.6. The van der Waals surface area contributed by atoms with E-state index in [0.717, 1.165) is 24.0 Å². The lowest BCUT2D eigenvalue weighted by molar-refractivity contribution is -0.143. The SMILES string of the molecule is CCCCNC(=O)[C@H](CC)N(Cc1ccc(F)cc1)C(=O)COc1ccc(Cl)c(C)c1. The van der Waals surface area contributed by atoms with Crippen LogP contribution < -0.4 is 10.1 Å². The van der Waals surface area contributed by atoms with Crippen molar-refractivity contribution >= 4 is 23.4 Å². The number of carbonyl (C=O) groups excluding carboxylic acids is 2. The normalized spacial score (nSPS) is 11.6. The van der Waals surface area contributed by atoms with E-state index in [1.165, 1.54) is 17.0 Å². The number of aryl methyl sites for hydroxylation is 1. The van der Waals surface area contributed by atoms with E-state index in [2.05, 4.69) is 5.32 Å². The van der Waals surface area contributed by atoms with Crippen LogP contribution >= 0.6 is 11.6 Å². The molecule has 0 spiro atoms. The summed E-state index contributed by atoms with van der Waals surface area (Å²) < 4.78 is 19.0. The second kappa shape index (κ2) is 12.3. The summed E-state index contributed by atoms with van der Waals surface area (Å²) in [6, 6.07) is 10.4. The molecule has 0 bridgehead atoms. The Balaban J connectivity index is 2.17. The maximum Gasteiger partial charge on any atom is 0.261 e. The Bertz CT molecular complexity index is 874. The molecule has 0 saturated carbocycles. The number of benzene rings is 2. The minimum atomic E-state index is -0.648. The molecular formula is C24H30ClFN2O3. The molecule has 2 aromatic rings. The predicted octanol–water partition coefficient (Wildman–Crippen LogP) is 4.89. The van der Waals surface area contributed by atoms with Crippen LogP contribution in [-0.2, 0) is 16.1 Å². The van der Waals surface area contributed by atoms with Gasteiger partial charge in [-0.1, -0.05) is 44.0 Å². The second-order valence-corrected chi connectivity index (χ2v) is 7.82. The minimum Gasteiger partial charge on any atom is -0.484 e. The second-order valence-electron chi connectivity index (χ2n) is 7.42.